The van der Waals surface area contributed by atoms with E-state index in [4.69, 9.17) is 0 Å². The molecule has 0 aromatic carbocycles. The van der Waals surface area contributed by atoms with Gasteiger partial charge in [0.25, 0.3) is 0 Å². The fourth-order valence-electron chi connectivity index (χ4n) is 3.21. The third-order valence-corrected chi connectivity index (χ3v) is 5.72. The number of pyridine rings is 1. The summed E-state index contributed by atoms with van der Waals surface area (Å²) in [7, 11) is -3.51. The van der Waals surface area contributed by atoms with Crippen molar-refractivity contribution in [2.24, 2.45) is 0 Å². The van der Waals surface area contributed by atoms with Crippen molar-refractivity contribution in [1.82, 2.24) is 14.8 Å². The lowest BCUT2D eigenvalue weighted by Crippen LogP contribution is -2.24. The highest BCUT2D eigenvalue weighted by atomic mass is 32.2. The number of aldehydes is 1. The second kappa shape index (κ2) is 7.53. The number of nitrogens with one attached hydrogen (secondary N) is 1. The van der Waals surface area contributed by atoms with Crippen molar-refractivity contribution < 1.29 is 26.4 Å². The molecule has 152 valence electrons. The van der Waals surface area contributed by atoms with Gasteiger partial charge in [0.2, 0.25) is 0 Å². The van der Waals surface area contributed by atoms with Crippen LogP contribution in [-0.2, 0) is 16.0 Å². The van der Waals surface area contributed by atoms with Crippen LogP contribution in [0.15, 0.2) is 23.2 Å². The Bertz CT molecular complexity index is 963. The Morgan fingerprint density at radius 1 is 1.21 bits per heavy atom. The zero-order valence-corrected chi connectivity index (χ0v) is 15.8. The van der Waals surface area contributed by atoms with Gasteiger partial charge in [-0.25, -0.2) is 13.4 Å². The number of anilines is 1. The van der Waals surface area contributed by atoms with Crippen LogP contribution in [0.1, 0.15) is 48.2 Å². The predicted molar refractivity (Wildman–Crippen MR) is 95.4 cm³/mol. The highest BCUT2D eigenvalue weighted by molar-refractivity contribution is 7.90. The Morgan fingerprint density at radius 2 is 1.89 bits per heavy atom. The predicted octanol–water partition coefficient (Wildman–Crippen LogP) is 3.25. The van der Waals surface area contributed by atoms with E-state index in [1.807, 2.05) is 0 Å². The first-order valence-electron chi connectivity index (χ1n) is 8.69. The number of nitrogens with zero attached hydrogens (tertiary/aromatic N) is 3. The molecule has 28 heavy (non-hydrogen) atoms. The van der Waals surface area contributed by atoms with Crippen molar-refractivity contribution in [3.8, 4) is 5.82 Å². The summed E-state index contributed by atoms with van der Waals surface area (Å²) in [4.78, 5) is 15.3. The molecule has 11 heteroatoms. The molecule has 0 saturated heterocycles. The summed E-state index contributed by atoms with van der Waals surface area (Å²) < 4.78 is 64.2. The van der Waals surface area contributed by atoms with Crippen molar-refractivity contribution in [1.29, 1.82) is 0 Å². The first-order chi connectivity index (χ1) is 13.1. The van der Waals surface area contributed by atoms with Crippen LogP contribution in [0.3, 0.4) is 0 Å². The summed E-state index contributed by atoms with van der Waals surface area (Å²) in [5.41, 5.74) is -1.90. The van der Waals surface area contributed by atoms with E-state index in [2.05, 4.69) is 15.4 Å². The smallest absolute Gasteiger partial charge is 0.367 e. The van der Waals surface area contributed by atoms with Gasteiger partial charge in [0, 0.05) is 18.5 Å². The molecule has 3 rings (SSSR count). The molecule has 1 saturated carbocycles. The van der Waals surface area contributed by atoms with E-state index < -0.39 is 27.3 Å². The summed E-state index contributed by atoms with van der Waals surface area (Å²) in [6, 6.07) is 2.40. The van der Waals surface area contributed by atoms with Crippen LogP contribution in [0.25, 0.3) is 5.82 Å². The zero-order chi connectivity index (χ0) is 20.5. The minimum Gasteiger partial charge on any atom is -0.367 e. The maximum atomic E-state index is 13.4. The van der Waals surface area contributed by atoms with Crippen LogP contribution in [0.5, 0.6) is 0 Å². The van der Waals surface area contributed by atoms with Crippen LogP contribution in [0, 0.1) is 0 Å². The highest BCUT2D eigenvalue weighted by Crippen LogP contribution is 2.36. The lowest BCUT2D eigenvalue weighted by Gasteiger charge is -2.24. The van der Waals surface area contributed by atoms with E-state index in [0.29, 0.717) is 0 Å². The van der Waals surface area contributed by atoms with Gasteiger partial charge in [-0.2, -0.15) is 23.0 Å². The molecule has 0 spiro atoms. The van der Waals surface area contributed by atoms with Gasteiger partial charge < -0.3 is 5.32 Å². The Labute approximate surface area is 159 Å². The summed E-state index contributed by atoms with van der Waals surface area (Å²) in [5, 5.41) is 6.58. The Morgan fingerprint density at radius 3 is 2.39 bits per heavy atom. The molecule has 7 nitrogen and oxygen atoms in total. The SMILES string of the molecule is CS(=O)(=O)c1ccc(-n2nc(C(F)(F)F)c(C=O)c2NC2CCCCC2)nc1. The van der Waals surface area contributed by atoms with Crippen molar-refractivity contribution in [3.05, 3.63) is 29.6 Å². The van der Waals surface area contributed by atoms with Crippen LogP contribution in [-0.4, -0.2) is 41.8 Å². The average Bonchev–Trinajstić information content (AvgIpc) is 3.00. The molecule has 2 aromatic rings. The van der Waals surface area contributed by atoms with Crippen molar-refractivity contribution in [2.45, 2.75) is 49.2 Å². The third kappa shape index (κ3) is 4.18. The minimum atomic E-state index is -4.82. The van der Waals surface area contributed by atoms with Crippen LogP contribution in [0.2, 0.25) is 0 Å². The van der Waals surface area contributed by atoms with Gasteiger partial charge in [-0.15, -0.1) is 0 Å². The maximum Gasteiger partial charge on any atom is 0.435 e. The Balaban J connectivity index is 2.10. The number of hydrogen-bond donors (Lipinski definition) is 1. The molecule has 0 unspecified atom stereocenters. The summed E-state index contributed by atoms with van der Waals surface area (Å²) in [6.07, 6.45) is 1.83. The standard InChI is InChI=1S/C17H19F3N4O3S/c1-28(26,27)12-7-8-14(21-9-12)24-16(22-11-5-3-2-4-6-11)13(10-25)15(23-24)17(18,19)20/h7-11,22H,2-6H2,1H3. The van der Waals surface area contributed by atoms with E-state index in [0.717, 1.165) is 49.2 Å². The topological polar surface area (TPSA) is 94.0 Å². The average molecular weight is 416 g/mol. The maximum absolute atomic E-state index is 13.4. The zero-order valence-electron chi connectivity index (χ0n) is 15.0. The first kappa shape index (κ1) is 20.3. The van der Waals surface area contributed by atoms with Crippen molar-refractivity contribution >= 4 is 21.9 Å². The number of halogens is 3. The molecule has 2 aromatic heterocycles. The number of hydrogen-bond acceptors (Lipinski definition) is 6. The van der Waals surface area contributed by atoms with Gasteiger partial charge in [0.1, 0.15) is 5.82 Å². The summed E-state index contributed by atoms with van der Waals surface area (Å²) in [6.45, 7) is 0. The fraction of sp³-hybridized carbons (Fsp3) is 0.471. The van der Waals surface area contributed by atoms with E-state index in [9.17, 15) is 26.4 Å². The number of carbonyl (C=O) groups is 1. The number of carbonyl (C=O) groups excluding carboxylic acids is 1. The van der Waals surface area contributed by atoms with Crippen LogP contribution in [0.4, 0.5) is 19.0 Å². The Hall–Kier alpha value is -2.43. The van der Waals surface area contributed by atoms with Crippen molar-refractivity contribution in [3.63, 3.8) is 0 Å². The van der Waals surface area contributed by atoms with Gasteiger partial charge in [0.05, 0.1) is 10.5 Å². The molecule has 1 N–H and O–H groups in total. The molecule has 0 atom stereocenters. The number of rotatable bonds is 5. The first-order valence-corrected chi connectivity index (χ1v) is 10.6. The van der Waals surface area contributed by atoms with Gasteiger partial charge in [-0.1, -0.05) is 19.3 Å². The lowest BCUT2D eigenvalue weighted by atomic mass is 9.95. The molecule has 0 aliphatic heterocycles. The summed E-state index contributed by atoms with van der Waals surface area (Å²) in [5.74, 6) is -0.113. The van der Waals surface area contributed by atoms with E-state index >= 15 is 0 Å². The second-order valence-corrected chi connectivity index (χ2v) is 8.76. The summed E-state index contributed by atoms with van der Waals surface area (Å²) >= 11 is 0. The number of sulfone groups is 1. The second-order valence-electron chi connectivity index (χ2n) is 6.74. The third-order valence-electron chi connectivity index (χ3n) is 4.62. The van der Waals surface area contributed by atoms with Crippen LogP contribution >= 0.6 is 0 Å². The molecule has 1 fully saturated rings. The highest BCUT2D eigenvalue weighted by Gasteiger charge is 2.40. The molecular weight excluding hydrogens is 397 g/mol. The molecule has 1 aliphatic rings. The number of alkyl halides is 3. The fourth-order valence-corrected chi connectivity index (χ4v) is 3.77. The molecule has 2 heterocycles. The van der Waals surface area contributed by atoms with E-state index in [-0.39, 0.29) is 28.9 Å². The normalized spacial score (nSPS) is 16.1. The molecule has 0 radical (unpaired) electrons. The van der Waals surface area contributed by atoms with Gasteiger partial charge >= 0.3 is 6.18 Å². The van der Waals surface area contributed by atoms with E-state index in [1.54, 1.807) is 0 Å². The van der Waals surface area contributed by atoms with Gasteiger partial charge in [0.15, 0.2) is 27.6 Å². The number of aromatic nitrogens is 3. The van der Waals surface area contributed by atoms with Gasteiger partial charge in [-0.3, -0.25) is 4.79 Å². The molecule has 0 amide bonds. The van der Waals surface area contributed by atoms with Crippen LogP contribution < -0.4 is 5.32 Å². The minimum absolute atomic E-state index is 0.0238. The molecular formula is C17H19F3N4O3S. The largest absolute Gasteiger partial charge is 0.435 e. The quantitative estimate of drug-likeness (QED) is 0.752. The van der Waals surface area contributed by atoms with Crippen molar-refractivity contribution in [2.75, 3.05) is 11.6 Å². The monoisotopic (exact) mass is 416 g/mol. The van der Waals surface area contributed by atoms with Gasteiger partial charge in [-0.05, 0) is 25.0 Å². The van der Waals surface area contributed by atoms with E-state index in [1.165, 1.54) is 12.1 Å². The molecule has 1 aliphatic carbocycles. The molecule has 0 bridgehead atoms. The lowest BCUT2D eigenvalue weighted by molar-refractivity contribution is -0.141. The Kier molecular flexibility index (Phi) is 5.46.